The molecule has 2 heterocycles. The van der Waals surface area contributed by atoms with Crippen LogP contribution in [0.4, 0.5) is 5.82 Å². The predicted octanol–water partition coefficient (Wildman–Crippen LogP) is 3.80. The largest absolute Gasteiger partial charge is 0.261 e. The molecule has 3 rings (SSSR count). The van der Waals surface area contributed by atoms with Gasteiger partial charge in [-0.05, 0) is 44.5 Å². The molecule has 0 radical (unpaired) electrons. The minimum atomic E-state index is 0.624. The predicted molar refractivity (Wildman–Crippen MR) is 98.7 cm³/mol. The third-order valence-electron chi connectivity index (χ3n) is 3.31. The van der Waals surface area contributed by atoms with Crippen LogP contribution in [0.5, 0.6) is 0 Å². The van der Waals surface area contributed by atoms with Crippen molar-refractivity contribution in [2.45, 2.75) is 20.8 Å². The summed E-state index contributed by atoms with van der Waals surface area (Å²) >= 11 is 3.41. The molecular weight excluding hydrogens is 368 g/mol. The van der Waals surface area contributed by atoms with Crippen molar-refractivity contribution in [2.75, 3.05) is 5.43 Å². The van der Waals surface area contributed by atoms with Crippen LogP contribution in [0, 0.1) is 20.8 Å². The Balaban J connectivity index is 1.81. The summed E-state index contributed by atoms with van der Waals surface area (Å²) in [4.78, 5) is 8.80. The molecule has 0 fully saturated rings. The quantitative estimate of drug-likeness (QED) is 0.548. The second kappa shape index (κ2) is 6.92. The van der Waals surface area contributed by atoms with Gasteiger partial charge in [0.15, 0.2) is 11.6 Å². The Hall–Kier alpha value is -2.54. The lowest BCUT2D eigenvalue weighted by molar-refractivity contribution is 0.793. The molecule has 0 saturated carbocycles. The van der Waals surface area contributed by atoms with Gasteiger partial charge in [0.05, 0.1) is 11.9 Å². The highest BCUT2D eigenvalue weighted by Crippen LogP contribution is 2.14. The van der Waals surface area contributed by atoms with Gasteiger partial charge in [-0.1, -0.05) is 28.1 Å². The molecule has 122 valence electrons. The Kier molecular flexibility index (Phi) is 4.71. The number of halogens is 1. The van der Waals surface area contributed by atoms with Gasteiger partial charge in [-0.2, -0.15) is 10.2 Å². The zero-order valence-corrected chi connectivity index (χ0v) is 15.2. The van der Waals surface area contributed by atoms with Gasteiger partial charge in [0.1, 0.15) is 5.82 Å². The Morgan fingerprint density at radius 2 is 1.83 bits per heavy atom. The van der Waals surface area contributed by atoms with Crippen LogP contribution in [0.3, 0.4) is 0 Å². The van der Waals surface area contributed by atoms with E-state index in [1.165, 1.54) is 0 Å². The summed E-state index contributed by atoms with van der Waals surface area (Å²) in [5, 5.41) is 8.69. The number of nitrogens with zero attached hydrogens (tertiary/aromatic N) is 5. The highest BCUT2D eigenvalue weighted by molar-refractivity contribution is 9.10. The molecule has 7 heteroatoms. The normalized spacial score (nSPS) is 11.2. The first-order valence-corrected chi connectivity index (χ1v) is 8.24. The molecule has 0 unspecified atom stereocenters. The molecule has 0 saturated heterocycles. The Morgan fingerprint density at radius 1 is 1.08 bits per heavy atom. The van der Waals surface area contributed by atoms with E-state index in [0.717, 1.165) is 27.2 Å². The molecule has 0 aliphatic rings. The minimum Gasteiger partial charge on any atom is -0.261 e. The summed E-state index contributed by atoms with van der Waals surface area (Å²) in [6.45, 7) is 5.80. The molecule has 0 aliphatic carbocycles. The number of hydrogen-bond acceptors (Lipinski definition) is 5. The number of nitrogens with one attached hydrogen (secondary N) is 1. The fourth-order valence-electron chi connectivity index (χ4n) is 2.30. The lowest BCUT2D eigenvalue weighted by atomic mass is 10.2. The van der Waals surface area contributed by atoms with Crippen molar-refractivity contribution >= 4 is 28.0 Å². The first-order chi connectivity index (χ1) is 11.5. The molecular formula is C17H17BrN6. The van der Waals surface area contributed by atoms with E-state index in [0.29, 0.717) is 11.6 Å². The lowest BCUT2D eigenvalue weighted by Crippen LogP contribution is -2.06. The number of aryl methyl sites for hydroxylation is 3. The maximum atomic E-state index is 4.45. The van der Waals surface area contributed by atoms with Gasteiger partial charge in [0.2, 0.25) is 0 Å². The molecule has 0 amide bonds. The van der Waals surface area contributed by atoms with Gasteiger partial charge < -0.3 is 0 Å². The number of hydrazone groups is 1. The van der Waals surface area contributed by atoms with Crippen LogP contribution >= 0.6 is 15.9 Å². The van der Waals surface area contributed by atoms with E-state index in [1.807, 2.05) is 57.2 Å². The van der Waals surface area contributed by atoms with Gasteiger partial charge in [-0.3, -0.25) is 5.43 Å². The van der Waals surface area contributed by atoms with Crippen molar-refractivity contribution in [3.8, 4) is 5.82 Å². The van der Waals surface area contributed by atoms with Crippen LogP contribution in [0.2, 0.25) is 0 Å². The van der Waals surface area contributed by atoms with Crippen molar-refractivity contribution in [2.24, 2.45) is 5.10 Å². The van der Waals surface area contributed by atoms with E-state index in [2.05, 4.69) is 41.5 Å². The van der Waals surface area contributed by atoms with E-state index in [9.17, 15) is 0 Å². The van der Waals surface area contributed by atoms with Crippen molar-refractivity contribution in [1.29, 1.82) is 0 Å². The summed E-state index contributed by atoms with van der Waals surface area (Å²) in [5.41, 5.74) is 5.92. The molecule has 0 bridgehead atoms. The van der Waals surface area contributed by atoms with Gasteiger partial charge in [-0.15, -0.1) is 0 Å². The van der Waals surface area contributed by atoms with Crippen LogP contribution in [-0.4, -0.2) is 26.0 Å². The van der Waals surface area contributed by atoms with Crippen LogP contribution in [0.25, 0.3) is 5.82 Å². The second-order valence-corrected chi connectivity index (χ2v) is 6.33. The SMILES string of the molecule is Cc1cc(C)n(-c2cc(NN=Cc3ccc(Br)cc3)nc(C)n2)n1. The van der Waals surface area contributed by atoms with Gasteiger partial charge in [0.25, 0.3) is 0 Å². The topological polar surface area (TPSA) is 68.0 Å². The monoisotopic (exact) mass is 384 g/mol. The second-order valence-electron chi connectivity index (χ2n) is 5.42. The maximum absolute atomic E-state index is 4.45. The van der Waals surface area contributed by atoms with Crippen molar-refractivity contribution in [1.82, 2.24) is 19.7 Å². The molecule has 1 aromatic carbocycles. The van der Waals surface area contributed by atoms with E-state index >= 15 is 0 Å². The molecule has 24 heavy (non-hydrogen) atoms. The van der Waals surface area contributed by atoms with Crippen LogP contribution in [0.15, 0.2) is 46.0 Å². The fourth-order valence-corrected chi connectivity index (χ4v) is 2.56. The summed E-state index contributed by atoms with van der Waals surface area (Å²) in [7, 11) is 0. The molecule has 3 aromatic rings. The lowest BCUT2D eigenvalue weighted by Gasteiger charge is -2.07. The number of anilines is 1. The van der Waals surface area contributed by atoms with E-state index in [-0.39, 0.29) is 0 Å². The Bertz CT molecular complexity index is 883. The van der Waals surface area contributed by atoms with Crippen molar-refractivity contribution in [3.05, 3.63) is 63.6 Å². The Labute approximate surface area is 148 Å². The highest BCUT2D eigenvalue weighted by Gasteiger charge is 2.08. The van der Waals surface area contributed by atoms with Crippen LogP contribution in [0.1, 0.15) is 22.8 Å². The molecule has 0 atom stereocenters. The van der Waals surface area contributed by atoms with Crippen molar-refractivity contribution in [3.63, 3.8) is 0 Å². The first-order valence-electron chi connectivity index (χ1n) is 7.45. The summed E-state index contributed by atoms with van der Waals surface area (Å²) in [6.07, 6.45) is 1.74. The van der Waals surface area contributed by atoms with Gasteiger partial charge >= 0.3 is 0 Å². The van der Waals surface area contributed by atoms with E-state index in [1.54, 1.807) is 10.9 Å². The molecule has 0 aliphatic heterocycles. The third kappa shape index (κ3) is 3.86. The third-order valence-corrected chi connectivity index (χ3v) is 3.84. The minimum absolute atomic E-state index is 0.624. The summed E-state index contributed by atoms with van der Waals surface area (Å²) in [5.74, 6) is 1.99. The zero-order chi connectivity index (χ0) is 17.1. The Morgan fingerprint density at radius 3 is 2.50 bits per heavy atom. The number of rotatable bonds is 4. The molecule has 2 aromatic heterocycles. The average Bonchev–Trinajstić information content (AvgIpc) is 2.87. The van der Waals surface area contributed by atoms with Crippen molar-refractivity contribution < 1.29 is 0 Å². The van der Waals surface area contributed by atoms with E-state index < -0.39 is 0 Å². The summed E-state index contributed by atoms with van der Waals surface area (Å²) in [6, 6.07) is 11.7. The zero-order valence-electron chi connectivity index (χ0n) is 13.7. The number of aromatic nitrogens is 4. The molecule has 1 N–H and O–H groups in total. The maximum Gasteiger partial charge on any atom is 0.159 e. The smallest absolute Gasteiger partial charge is 0.159 e. The standard InChI is InChI=1S/C17H17BrN6/c1-11-8-12(2)24(23-11)17-9-16(20-13(3)21-17)22-19-10-14-4-6-15(18)7-5-14/h4-10H,1-3H3,(H,20,21,22). The molecule has 6 nitrogen and oxygen atoms in total. The molecule has 0 spiro atoms. The van der Waals surface area contributed by atoms with Gasteiger partial charge in [0, 0.05) is 16.2 Å². The first kappa shape index (κ1) is 16.3. The highest BCUT2D eigenvalue weighted by atomic mass is 79.9. The average molecular weight is 385 g/mol. The summed E-state index contributed by atoms with van der Waals surface area (Å²) < 4.78 is 2.83. The van der Waals surface area contributed by atoms with E-state index in [4.69, 9.17) is 0 Å². The fraction of sp³-hybridized carbons (Fsp3) is 0.176. The van der Waals surface area contributed by atoms with Crippen LogP contribution < -0.4 is 5.43 Å². The van der Waals surface area contributed by atoms with Gasteiger partial charge in [-0.25, -0.2) is 14.6 Å². The number of hydrogen-bond donors (Lipinski definition) is 1. The number of benzene rings is 1. The van der Waals surface area contributed by atoms with Crippen LogP contribution in [-0.2, 0) is 0 Å².